The Morgan fingerprint density at radius 1 is 0.892 bits per heavy atom. The molecular weight excluding hydrogens is 837 g/mol. The van der Waals surface area contributed by atoms with Gasteiger partial charge < -0.3 is 49.8 Å². The number of carbonyl (C=O) groups is 6. The van der Waals surface area contributed by atoms with E-state index >= 15 is 0 Å². The molecule has 0 radical (unpaired) electrons. The van der Waals surface area contributed by atoms with E-state index in [0.29, 0.717) is 39.0 Å². The van der Waals surface area contributed by atoms with E-state index in [1.807, 2.05) is 71.7 Å². The van der Waals surface area contributed by atoms with Gasteiger partial charge in [-0.15, -0.1) is 0 Å². The molecule has 1 aromatic carbocycles. The summed E-state index contributed by atoms with van der Waals surface area (Å²) < 4.78 is 22.9. The van der Waals surface area contributed by atoms with Crippen molar-refractivity contribution in [3.05, 3.63) is 35.9 Å². The lowest BCUT2D eigenvalue weighted by Crippen LogP contribution is -2.60. The topological polar surface area (TPSA) is 205 Å². The van der Waals surface area contributed by atoms with Gasteiger partial charge in [0.2, 0.25) is 23.6 Å². The summed E-state index contributed by atoms with van der Waals surface area (Å²) >= 11 is 0. The Balaban J connectivity index is 2.18. The normalized spacial score (nSPS) is 18.0. The van der Waals surface area contributed by atoms with Crippen molar-refractivity contribution in [2.24, 2.45) is 23.7 Å². The summed E-state index contributed by atoms with van der Waals surface area (Å²) in [6.45, 7) is 20.4. The first-order chi connectivity index (χ1) is 30.5. The molecule has 1 heterocycles. The molecule has 0 bridgehead atoms. The molecule has 1 fully saturated rings. The predicted octanol–water partition coefficient (Wildman–Crippen LogP) is 4.36. The second-order valence-electron chi connectivity index (χ2n) is 19.1. The van der Waals surface area contributed by atoms with Gasteiger partial charge in [0.1, 0.15) is 17.7 Å². The molecular formula is C48H82N6O11. The average Bonchev–Trinajstić information content (AvgIpc) is 3.72. The van der Waals surface area contributed by atoms with Gasteiger partial charge in [-0.05, 0) is 64.0 Å². The number of carboxylic acid groups (broad SMARTS) is 1. The molecule has 5 amide bonds. The lowest BCUT2D eigenvalue weighted by molar-refractivity contribution is -0.148. The Labute approximate surface area is 388 Å². The van der Waals surface area contributed by atoms with Crippen molar-refractivity contribution in [1.82, 2.24) is 30.7 Å². The second-order valence-corrected chi connectivity index (χ2v) is 19.1. The number of aliphatic carboxylic acids is 1. The van der Waals surface area contributed by atoms with Crippen LogP contribution in [-0.4, -0.2) is 165 Å². The Bertz CT molecular complexity index is 1660. The van der Waals surface area contributed by atoms with E-state index in [1.165, 1.54) is 14.2 Å². The molecule has 0 saturated carbocycles. The van der Waals surface area contributed by atoms with Crippen LogP contribution >= 0.6 is 0 Å². The quantitative estimate of drug-likeness (QED) is 0.0910. The number of ether oxygens (including phenoxy) is 4. The van der Waals surface area contributed by atoms with Crippen LogP contribution in [0.5, 0.6) is 0 Å². The molecule has 4 N–H and O–H groups in total. The second kappa shape index (κ2) is 27.4. The minimum atomic E-state index is -1.15. The number of benzene rings is 1. The fraction of sp³-hybridized carbons (Fsp3) is 0.750. The van der Waals surface area contributed by atoms with Crippen LogP contribution in [0.2, 0.25) is 0 Å². The number of likely N-dealkylation sites (N-methyl/N-ethyl adjacent to an activating group) is 2. The third-order valence-electron chi connectivity index (χ3n) is 12.3. The highest BCUT2D eigenvalue weighted by molar-refractivity contribution is 5.90. The van der Waals surface area contributed by atoms with Crippen LogP contribution < -0.4 is 16.0 Å². The summed E-state index contributed by atoms with van der Waals surface area (Å²) in [5.74, 6) is -3.69. The molecule has 370 valence electrons. The maximum Gasteiger partial charge on any atom is 0.407 e. The minimum absolute atomic E-state index is 0.0487. The zero-order chi connectivity index (χ0) is 49.2. The number of alkyl carbamates (subject to hydrolysis) is 1. The predicted molar refractivity (Wildman–Crippen MR) is 249 cm³/mol. The Hall–Kier alpha value is -4.32. The molecule has 2 rings (SSSR count). The van der Waals surface area contributed by atoms with E-state index < -0.39 is 71.9 Å². The standard InChI is InChI=1S/C48H82N6O11/c1-15-32(6)41(53(12)45(58)39(30(2)3)51-44(57)40(31(4)5)52(11)25-27-64-26-23-49-47(61)65-48(8,9)10)37(62-13)29-38(55)54-24-19-22-36(54)42(63-14)33(7)43(56)50-35(46(59)60)28-34-20-17-16-18-21-34/h16-18,20-21,30-33,35-37,39-42H,15,19,22-29H2,1-14H3,(H,49,61)(H,50,56)(H,51,57)(H,59,60)/t32-,33+,35-,36-,37+,39-,40-,41-,42+/m0/s1. The molecule has 9 atom stereocenters. The van der Waals surface area contributed by atoms with Crippen molar-refractivity contribution in [3.8, 4) is 0 Å². The van der Waals surface area contributed by atoms with Crippen LogP contribution in [-0.2, 0) is 49.3 Å². The molecule has 1 aliphatic heterocycles. The lowest BCUT2D eigenvalue weighted by Gasteiger charge is -2.41. The first-order valence-corrected chi connectivity index (χ1v) is 23.2. The zero-order valence-electron chi connectivity index (χ0n) is 41.7. The minimum Gasteiger partial charge on any atom is -0.480 e. The van der Waals surface area contributed by atoms with Gasteiger partial charge >= 0.3 is 12.1 Å². The Morgan fingerprint density at radius 2 is 1.54 bits per heavy atom. The van der Waals surface area contributed by atoms with Crippen molar-refractivity contribution in [3.63, 3.8) is 0 Å². The third kappa shape index (κ3) is 17.8. The molecule has 1 saturated heterocycles. The molecule has 0 unspecified atom stereocenters. The van der Waals surface area contributed by atoms with Gasteiger partial charge in [0.05, 0.1) is 55.9 Å². The molecule has 17 nitrogen and oxygen atoms in total. The van der Waals surface area contributed by atoms with Crippen LogP contribution in [0.15, 0.2) is 30.3 Å². The fourth-order valence-corrected chi connectivity index (χ4v) is 8.63. The Morgan fingerprint density at radius 3 is 2.08 bits per heavy atom. The number of methoxy groups -OCH3 is 2. The van der Waals surface area contributed by atoms with Crippen molar-refractivity contribution >= 4 is 35.7 Å². The number of nitrogens with one attached hydrogen (secondary N) is 3. The van der Waals surface area contributed by atoms with Gasteiger partial charge in [0, 0.05) is 47.3 Å². The number of likely N-dealkylation sites (tertiary alicyclic amines) is 1. The van der Waals surface area contributed by atoms with Crippen molar-refractivity contribution in [2.75, 3.05) is 61.2 Å². The SMILES string of the molecule is CC[C@H](C)[C@@H]([C@@H](CC(=O)N1CCC[C@H]1[C@H](OC)[C@@H](C)C(=O)N[C@@H](Cc1ccccc1)C(=O)O)OC)N(C)C(=O)[C@@H](NC(=O)[C@H](C(C)C)N(C)CCOCCNC(=O)OC(C)(C)C)C(C)C. The van der Waals surface area contributed by atoms with Crippen molar-refractivity contribution in [2.45, 2.75) is 149 Å². The Kier molecular flexibility index (Phi) is 23.9. The molecule has 65 heavy (non-hydrogen) atoms. The molecule has 1 aliphatic rings. The first-order valence-electron chi connectivity index (χ1n) is 23.2. The third-order valence-corrected chi connectivity index (χ3v) is 12.3. The van der Waals surface area contributed by atoms with Gasteiger partial charge in [0.25, 0.3) is 0 Å². The molecule has 1 aromatic rings. The number of rotatable bonds is 27. The van der Waals surface area contributed by atoms with Crippen LogP contribution in [0.3, 0.4) is 0 Å². The number of carbonyl (C=O) groups excluding carboxylic acids is 5. The van der Waals surface area contributed by atoms with E-state index in [9.17, 15) is 33.9 Å². The fourth-order valence-electron chi connectivity index (χ4n) is 8.63. The van der Waals surface area contributed by atoms with Gasteiger partial charge in [-0.3, -0.25) is 24.1 Å². The van der Waals surface area contributed by atoms with Gasteiger partial charge in [-0.25, -0.2) is 9.59 Å². The van der Waals surface area contributed by atoms with Crippen LogP contribution in [0.1, 0.15) is 100 Å². The molecule has 0 spiro atoms. The van der Waals surface area contributed by atoms with E-state index in [0.717, 1.165) is 5.56 Å². The largest absolute Gasteiger partial charge is 0.480 e. The van der Waals surface area contributed by atoms with E-state index in [1.54, 1.807) is 56.7 Å². The van der Waals surface area contributed by atoms with Crippen molar-refractivity contribution < 1.29 is 52.8 Å². The lowest BCUT2D eigenvalue weighted by atomic mass is 9.89. The summed E-state index contributed by atoms with van der Waals surface area (Å²) in [5, 5.41) is 18.3. The maximum atomic E-state index is 14.5. The number of nitrogens with zero attached hydrogens (tertiary/aromatic N) is 3. The first kappa shape index (κ1) is 56.8. The molecule has 17 heteroatoms. The highest BCUT2D eigenvalue weighted by Crippen LogP contribution is 2.30. The van der Waals surface area contributed by atoms with Crippen LogP contribution in [0.25, 0.3) is 0 Å². The van der Waals surface area contributed by atoms with Crippen LogP contribution in [0, 0.1) is 23.7 Å². The monoisotopic (exact) mass is 919 g/mol. The highest BCUT2D eigenvalue weighted by atomic mass is 16.6. The summed E-state index contributed by atoms with van der Waals surface area (Å²) in [7, 11) is 6.54. The molecule has 0 aromatic heterocycles. The number of amides is 5. The van der Waals surface area contributed by atoms with Crippen molar-refractivity contribution in [1.29, 1.82) is 0 Å². The zero-order valence-corrected chi connectivity index (χ0v) is 41.7. The summed E-state index contributed by atoms with van der Waals surface area (Å²) in [5.41, 5.74) is 0.172. The number of hydrogen-bond acceptors (Lipinski definition) is 11. The summed E-state index contributed by atoms with van der Waals surface area (Å²) in [6, 6.07) is 5.49. The number of carboxylic acids is 1. The molecule has 0 aliphatic carbocycles. The van der Waals surface area contributed by atoms with E-state index in [2.05, 4.69) is 16.0 Å². The average molecular weight is 919 g/mol. The summed E-state index contributed by atoms with van der Waals surface area (Å²) in [4.78, 5) is 85.8. The summed E-state index contributed by atoms with van der Waals surface area (Å²) in [6.07, 6.45) is 0.0736. The van der Waals surface area contributed by atoms with Gasteiger partial charge in [-0.2, -0.15) is 0 Å². The smallest absolute Gasteiger partial charge is 0.407 e. The van der Waals surface area contributed by atoms with Gasteiger partial charge in [-0.1, -0.05) is 85.2 Å². The van der Waals surface area contributed by atoms with Gasteiger partial charge in [0.15, 0.2) is 0 Å². The maximum absolute atomic E-state index is 14.5. The van der Waals surface area contributed by atoms with Crippen LogP contribution in [0.4, 0.5) is 4.79 Å². The van der Waals surface area contributed by atoms with E-state index in [-0.39, 0.29) is 61.5 Å². The number of hydrogen-bond donors (Lipinski definition) is 4. The highest BCUT2D eigenvalue weighted by Gasteiger charge is 2.43. The van der Waals surface area contributed by atoms with E-state index in [4.69, 9.17) is 18.9 Å².